The van der Waals surface area contributed by atoms with E-state index in [0.29, 0.717) is 5.92 Å². The highest BCUT2D eigenvalue weighted by Gasteiger charge is 2.15. The molecule has 92 valence electrons. The molecule has 3 heteroatoms. The molecule has 0 bridgehead atoms. The minimum absolute atomic E-state index is 0.181. The number of alkyl halides is 1. The SMILES string of the molecule is CCn1nc(CC(C)C(C)Cl)c2ccccc21. The average Bonchev–Trinajstić information content (AvgIpc) is 2.68. The molecular formula is C14H19ClN2. The number of fused-ring (bicyclic) bond motifs is 1. The molecule has 0 fully saturated rings. The third-order valence-corrected chi connectivity index (χ3v) is 3.76. The number of halogens is 1. The van der Waals surface area contributed by atoms with Crippen LogP contribution in [0.4, 0.5) is 0 Å². The fourth-order valence-corrected chi connectivity index (χ4v) is 2.14. The Labute approximate surface area is 108 Å². The first-order valence-corrected chi connectivity index (χ1v) is 6.65. The predicted octanol–water partition coefficient (Wildman–Crippen LogP) is 3.86. The van der Waals surface area contributed by atoms with E-state index in [2.05, 4.69) is 47.9 Å². The lowest BCUT2D eigenvalue weighted by atomic mass is 10.0. The zero-order chi connectivity index (χ0) is 12.4. The number of hydrogen-bond donors (Lipinski definition) is 0. The summed E-state index contributed by atoms with van der Waals surface area (Å²) < 4.78 is 2.07. The van der Waals surface area contributed by atoms with Crippen LogP contribution in [0.5, 0.6) is 0 Å². The van der Waals surface area contributed by atoms with Crippen LogP contribution in [0.15, 0.2) is 24.3 Å². The molecule has 2 nitrogen and oxygen atoms in total. The van der Waals surface area contributed by atoms with Gasteiger partial charge in [0, 0.05) is 17.3 Å². The first-order valence-electron chi connectivity index (χ1n) is 6.22. The Hall–Kier alpha value is -1.02. The van der Waals surface area contributed by atoms with Gasteiger partial charge < -0.3 is 0 Å². The molecule has 0 N–H and O–H groups in total. The Kier molecular flexibility index (Phi) is 3.72. The molecule has 2 rings (SSSR count). The summed E-state index contributed by atoms with van der Waals surface area (Å²) in [5.74, 6) is 0.445. The van der Waals surface area contributed by atoms with E-state index < -0.39 is 0 Å². The molecule has 0 amide bonds. The molecule has 17 heavy (non-hydrogen) atoms. The zero-order valence-corrected chi connectivity index (χ0v) is 11.4. The lowest BCUT2D eigenvalue weighted by Gasteiger charge is -2.11. The van der Waals surface area contributed by atoms with Gasteiger partial charge in [0.15, 0.2) is 0 Å². The zero-order valence-electron chi connectivity index (χ0n) is 10.7. The van der Waals surface area contributed by atoms with Crippen molar-refractivity contribution >= 4 is 22.5 Å². The highest BCUT2D eigenvalue weighted by molar-refractivity contribution is 6.20. The van der Waals surface area contributed by atoms with Gasteiger partial charge in [0.05, 0.1) is 11.2 Å². The molecule has 2 unspecified atom stereocenters. The topological polar surface area (TPSA) is 17.8 Å². The molecular weight excluding hydrogens is 232 g/mol. The minimum Gasteiger partial charge on any atom is -0.265 e. The van der Waals surface area contributed by atoms with Crippen molar-refractivity contribution in [3.05, 3.63) is 30.0 Å². The van der Waals surface area contributed by atoms with Gasteiger partial charge in [-0.2, -0.15) is 5.10 Å². The van der Waals surface area contributed by atoms with Gasteiger partial charge in [-0.3, -0.25) is 4.68 Å². The standard InChI is InChI=1S/C14H19ClN2/c1-4-17-14-8-6-5-7-12(14)13(16-17)9-10(2)11(3)15/h5-8,10-11H,4,9H2,1-3H3. The Morgan fingerprint density at radius 2 is 2.00 bits per heavy atom. The number of aryl methyl sites for hydroxylation is 1. The fourth-order valence-electron chi connectivity index (χ4n) is 2.06. The van der Waals surface area contributed by atoms with Gasteiger partial charge in [-0.1, -0.05) is 25.1 Å². The number of rotatable bonds is 4. The molecule has 0 aliphatic carbocycles. The molecule has 2 aromatic rings. The quantitative estimate of drug-likeness (QED) is 0.754. The van der Waals surface area contributed by atoms with E-state index in [-0.39, 0.29) is 5.38 Å². The maximum absolute atomic E-state index is 6.14. The number of para-hydroxylation sites is 1. The normalized spacial score (nSPS) is 15.1. The van der Waals surface area contributed by atoms with Crippen molar-refractivity contribution in [2.75, 3.05) is 0 Å². The molecule has 0 saturated carbocycles. The van der Waals surface area contributed by atoms with Crippen molar-refractivity contribution in [2.45, 2.75) is 39.1 Å². The Morgan fingerprint density at radius 1 is 1.29 bits per heavy atom. The molecule has 1 heterocycles. The van der Waals surface area contributed by atoms with Gasteiger partial charge in [0.2, 0.25) is 0 Å². The summed E-state index contributed by atoms with van der Waals surface area (Å²) in [7, 11) is 0. The van der Waals surface area contributed by atoms with Crippen LogP contribution in [0, 0.1) is 5.92 Å². The number of nitrogens with zero attached hydrogens (tertiary/aromatic N) is 2. The van der Waals surface area contributed by atoms with E-state index >= 15 is 0 Å². The molecule has 1 aromatic carbocycles. The third-order valence-electron chi connectivity index (χ3n) is 3.33. The molecule has 0 saturated heterocycles. The Morgan fingerprint density at radius 3 is 2.65 bits per heavy atom. The molecule has 1 aromatic heterocycles. The monoisotopic (exact) mass is 250 g/mol. The second-order valence-electron chi connectivity index (χ2n) is 4.64. The van der Waals surface area contributed by atoms with Crippen molar-refractivity contribution in [2.24, 2.45) is 5.92 Å². The number of aromatic nitrogens is 2. The van der Waals surface area contributed by atoms with Crippen LogP contribution in [0.1, 0.15) is 26.5 Å². The first kappa shape index (κ1) is 12.4. The van der Waals surface area contributed by atoms with E-state index in [1.165, 1.54) is 16.6 Å². The van der Waals surface area contributed by atoms with Crippen LogP contribution in [0.25, 0.3) is 10.9 Å². The average molecular weight is 251 g/mol. The van der Waals surface area contributed by atoms with Crippen LogP contribution in [-0.4, -0.2) is 15.2 Å². The van der Waals surface area contributed by atoms with Crippen molar-refractivity contribution in [3.63, 3.8) is 0 Å². The molecule has 0 aliphatic rings. The summed E-state index contributed by atoms with van der Waals surface area (Å²) in [4.78, 5) is 0. The highest BCUT2D eigenvalue weighted by atomic mass is 35.5. The summed E-state index contributed by atoms with van der Waals surface area (Å²) in [6.45, 7) is 7.25. The van der Waals surface area contributed by atoms with E-state index in [0.717, 1.165) is 13.0 Å². The van der Waals surface area contributed by atoms with E-state index in [4.69, 9.17) is 11.6 Å². The minimum atomic E-state index is 0.181. The van der Waals surface area contributed by atoms with E-state index in [1.807, 2.05) is 6.92 Å². The molecule has 2 atom stereocenters. The first-order chi connectivity index (χ1) is 8.13. The number of benzene rings is 1. The highest BCUT2D eigenvalue weighted by Crippen LogP contribution is 2.23. The molecule has 0 radical (unpaired) electrons. The summed E-state index contributed by atoms with van der Waals surface area (Å²) in [5.41, 5.74) is 2.39. The summed E-state index contributed by atoms with van der Waals surface area (Å²) in [6.07, 6.45) is 0.943. The Balaban J connectivity index is 2.40. The molecule has 0 aliphatic heterocycles. The fraction of sp³-hybridized carbons (Fsp3) is 0.500. The third kappa shape index (κ3) is 2.47. The van der Waals surface area contributed by atoms with Crippen LogP contribution < -0.4 is 0 Å². The van der Waals surface area contributed by atoms with Crippen molar-refractivity contribution in [1.29, 1.82) is 0 Å². The van der Waals surface area contributed by atoms with Gasteiger partial charge in [-0.25, -0.2) is 0 Å². The second kappa shape index (κ2) is 5.09. The van der Waals surface area contributed by atoms with E-state index in [1.54, 1.807) is 0 Å². The summed E-state index contributed by atoms with van der Waals surface area (Å²) in [5, 5.41) is 6.13. The largest absolute Gasteiger partial charge is 0.265 e. The van der Waals surface area contributed by atoms with Gasteiger partial charge in [0.1, 0.15) is 0 Å². The van der Waals surface area contributed by atoms with Gasteiger partial charge in [-0.05, 0) is 32.3 Å². The maximum Gasteiger partial charge on any atom is 0.0706 e. The predicted molar refractivity (Wildman–Crippen MR) is 73.6 cm³/mol. The summed E-state index contributed by atoms with van der Waals surface area (Å²) >= 11 is 6.14. The van der Waals surface area contributed by atoms with Gasteiger partial charge in [-0.15, -0.1) is 11.6 Å². The summed E-state index contributed by atoms with van der Waals surface area (Å²) in [6, 6.07) is 8.41. The number of hydrogen-bond acceptors (Lipinski definition) is 1. The van der Waals surface area contributed by atoms with Crippen molar-refractivity contribution < 1.29 is 0 Å². The van der Waals surface area contributed by atoms with Crippen LogP contribution in [0.3, 0.4) is 0 Å². The maximum atomic E-state index is 6.14. The van der Waals surface area contributed by atoms with Crippen molar-refractivity contribution in [3.8, 4) is 0 Å². The van der Waals surface area contributed by atoms with Gasteiger partial charge in [0.25, 0.3) is 0 Å². The van der Waals surface area contributed by atoms with Crippen LogP contribution in [-0.2, 0) is 13.0 Å². The Bertz CT molecular complexity index is 502. The lowest BCUT2D eigenvalue weighted by Crippen LogP contribution is -2.11. The lowest BCUT2D eigenvalue weighted by molar-refractivity contribution is 0.551. The second-order valence-corrected chi connectivity index (χ2v) is 5.33. The van der Waals surface area contributed by atoms with Crippen molar-refractivity contribution in [1.82, 2.24) is 9.78 Å². The van der Waals surface area contributed by atoms with Crippen LogP contribution in [0.2, 0.25) is 0 Å². The molecule has 0 spiro atoms. The van der Waals surface area contributed by atoms with Gasteiger partial charge >= 0.3 is 0 Å². The van der Waals surface area contributed by atoms with E-state index in [9.17, 15) is 0 Å². The van der Waals surface area contributed by atoms with Crippen LogP contribution >= 0.6 is 11.6 Å². The smallest absolute Gasteiger partial charge is 0.0706 e.